The summed E-state index contributed by atoms with van der Waals surface area (Å²) >= 11 is 0. The highest BCUT2D eigenvalue weighted by atomic mass is 19.4. The van der Waals surface area contributed by atoms with Crippen molar-refractivity contribution in [3.63, 3.8) is 0 Å². The minimum absolute atomic E-state index is 0.0721. The van der Waals surface area contributed by atoms with Crippen LogP contribution >= 0.6 is 0 Å². The number of alkyl halides is 6. The number of halogens is 6. The second-order valence-corrected chi connectivity index (χ2v) is 10.7. The van der Waals surface area contributed by atoms with Gasteiger partial charge in [0.05, 0.1) is 29.4 Å². The van der Waals surface area contributed by atoms with Gasteiger partial charge < -0.3 is 15.0 Å². The number of fused-ring (bicyclic) bond motifs is 2. The van der Waals surface area contributed by atoms with Crippen molar-refractivity contribution in [2.45, 2.75) is 68.4 Å². The van der Waals surface area contributed by atoms with Crippen LogP contribution in [-0.2, 0) is 40.6 Å². The van der Waals surface area contributed by atoms with Crippen LogP contribution in [0, 0.1) is 0 Å². The molecule has 4 unspecified atom stereocenters. The zero-order valence-electron chi connectivity index (χ0n) is 22.2. The van der Waals surface area contributed by atoms with Crippen LogP contribution < -0.4 is 5.32 Å². The molecule has 3 aromatic rings. The summed E-state index contributed by atoms with van der Waals surface area (Å²) in [6.45, 7) is -0.512. The molecule has 1 aromatic heterocycles. The Bertz CT molecular complexity index is 1360. The van der Waals surface area contributed by atoms with Crippen molar-refractivity contribution >= 4 is 5.91 Å². The molecular formula is C27H28F6N6O2. The first-order chi connectivity index (χ1) is 19.3. The molecule has 220 valence electrons. The number of nitrogens with one attached hydrogen (secondary N) is 1. The fourth-order valence-electron chi connectivity index (χ4n) is 5.71. The van der Waals surface area contributed by atoms with Gasteiger partial charge in [-0.3, -0.25) is 4.79 Å². The molecule has 2 aromatic carbocycles. The van der Waals surface area contributed by atoms with E-state index in [-0.39, 0.29) is 36.0 Å². The molecule has 0 radical (unpaired) electrons. The van der Waals surface area contributed by atoms with E-state index in [4.69, 9.17) is 4.74 Å². The van der Waals surface area contributed by atoms with Gasteiger partial charge in [-0.2, -0.15) is 31.1 Å². The van der Waals surface area contributed by atoms with Gasteiger partial charge in [0.2, 0.25) is 5.91 Å². The lowest BCUT2D eigenvalue weighted by atomic mass is 9.80. The van der Waals surface area contributed by atoms with E-state index in [0.717, 1.165) is 5.56 Å². The number of likely N-dealkylation sites (N-methyl/N-ethyl adjacent to an activating group) is 1. The van der Waals surface area contributed by atoms with E-state index >= 15 is 0 Å². The number of amides is 1. The van der Waals surface area contributed by atoms with Crippen molar-refractivity contribution in [2.75, 3.05) is 14.1 Å². The Morgan fingerprint density at radius 3 is 2.32 bits per heavy atom. The fourth-order valence-corrected chi connectivity index (χ4v) is 5.71. The van der Waals surface area contributed by atoms with Gasteiger partial charge in [-0.25, -0.2) is 0 Å². The summed E-state index contributed by atoms with van der Waals surface area (Å²) in [5, 5.41) is 16.3. The van der Waals surface area contributed by atoms with Gasteiger partial charge in [-0.15, -0.1) is 10.2 Å². The van der Waals surface area contributed by atoms with E-state index in [1.54, 1.807) is 14.1 Å². The summed E-state index contributed by atoms with van der Waals surface area (Å²) in [7, 11) is 3.24. The quantitative estimate of drug-likeness (QED) is 0.413. The number of hydrogen-bond donors (Lipinski definition) is 1. The lowest BCUT2D eigenvalue weighted by Gasteiger charge is -2.42. The van der Waals surface area contributed by atoms with E-state index in [0.29, 0.717) is 37.2 Å². The molecule has 2 bridgehead atoms. The molecule has 2 aliphatic rings. The normalized spacial score (nSPS) is 24.4. The first-order valence-corrected chi connectivity index (χ1v) is 13.0. The number of carbonyl (C=O) groups excluding carboxylic acids is 1. The third-order valence-corrected chi connectivity index (χ3v) is 7.72. The molecule has 4 atom stereocenters. The summed E-state index contributed by atoms with van der Waals surface area (Å²) in [5.41, 5.74) is -2.91. The maximum Gasteiger partial charge on any atom is 0.416 e. The van der Waals surface area contributed by atoms with Crippen LogP contribution in [-0.4, -0.2) is 57.3 Å². The van der Waals surface area contributed by atoms with E-state index in [9.17, 15) is 31.1 Å². The predicted octanol–water partition coefficient (Wildman–Crippen LogP) is 4.52. The average Bonchev–Trinajstić information content (AvgIpc) is 3.50. The van der Waals surface area contributed by atoms with E-state index in [1.807, 2.05) is 30.3 Å². The minimum atomic E-state index is -4.94. The molecule has 41 heavy (non-hydrogen) atoms. The smallest absolute Gasteiger partial charge is 0.371 e. The Morgan fingerprint density at radius 1 is 1.05 bits per heavy atom. The Balaban J connectivity index is 1.42. The number of tetrazole rings is 1. The number of piperidine rings is 1. The summed E-state index contributed by atoms with van der Waals surface area (Å²) < 4.78 is 86.5. The standard InChI is InChI=1S/C27H28F6N6O2/c1-38(2)23(40)14-39-36-24(35-37-39)20-13-25(17-6-4-3-5-7-17)22(9-8-21(20)34-25)41-15-16-10-18(26(28,29)30)12-19(11-16)27(31,32)33/h3-7,10-12,20-22,34H,8-9,13-15H2,1-2H3. The Labute approximate surface area is 231 Å². The second-order valence-electron chi connectivity index (χ2n) is 10.7. The van der Waals surface area contributed by atoms with Crippen LogP contribution in [0.2, 0.25) is 0 Å². The Hall–Kier alpha value is -3.52. The van der Waals surface area contributed by atoms with Crippen molar-refractivity contribution in [1.29, 1.82) is 0 Å². The van der Waals surface area contributed by atoms with Crippen molar-refractivity contribution in [2.24, 2.45) is 0 Å². The topological polar surface area (TPSA) is 85.2 Å². The zero-order chi connectivity index (χ0) is 29.6. The van der Waals surface area contributed by atoms with Gasteiger partial charge >= 0.3 is 12.4 Å². The number of hydrogen-bond acceptors (Lipinski definition) is 6. The van der Waals surface area contributed by atoms with Crippen LogP contribution in [0.3, 0.4) is 0 Å². The maximum absolute atomic E-state index is 13.4. The molecule has 0 aliphatic carbocycles. The fraction of sp³-hybridized carbons (Fsp3) is 0.481. The molecule has 14 heteroatoms. The van der Waals surface area contributed by atoms with Gasteiger partial charge in [0, 0.05) is 26.1 Å². The first kappa shape index (κ1) is 29.0. The van der Waals surface area contributed by atoms with Crippen LogP contribution in [0.4, 0.5) is 26.3 Å². The number of ether oxygens (including phenoxy) is 1. The average molecular weight is 583 g/mol. The highest BCUT2D eigenvalue weighted by Gasteiger charge is 2.55. The van der Waals surface area contributed by atoms with E-state index < -0.39 is 41.7 Å². The van der Waals surface area contributed by atoms with Crippen LogP contribution in [0.5, 0.6) is 0 Å². The molecule has 5 rings (SSSR count). The van der Waals surface area contributed by atoms with Gasteiger partial charge in [-0.05, 0) is 53.8 Å². The largest absolute Gasteiger partial charge is 0.416 e. The van der Waals surface area contributed by atoms with Crippen molar-refractivity contribution in [3.05, 3.63) is 76.6 Å². The van der Waals surface area contributed by atoms with Crippen LogP contribution in [0.25, 0.3) is 0 Å². The van der Waals surface area contributed by atoms with Crippen LogP contribution in [0.1, 0.15) is 53.3 Å². The molecule has 1 amide bonds. The van der Waals surface area contributed by atoms with E-state index in [2.05, 4.69) is 20.7 Å². The van der Waals surface area contributed by atoms with Crippen molar-refractivity contribution in [3.8, 4) is 0 Å². The van der Waals surface area contributed by atoms with Crippen LogP contribution in [0.15, 0.2) is 48.5 Å². The van der Waals surface area contributed by atoms with Crippen molar-refractivity contribution in [1.82, 2.24) is 30.4 Å². The molecular weight excluding hydrogens is 554 g/mol. The van der Waals surface area contributed by atoms with Gasteiger partial charge in [0.1, 0.15) is 6.54 Å². The third kappa shape index (κ3) is 5.94. The summed E-state index contributed by atoms with van der Waals surface area (Å²) in [6, 6.07) is 10.8. The summed E-state index contributed by atoms with van der Waals surface area (Å²) in [6.07, 6.45) is -8.90. The number of benzene rings is 2. The SMILES string of the molecule is CN(C)C(=O)Cn1nnc(C2CC3(c4ccccc4)NC2CCC3OCc2cc(C(F)(F)F)cc(C(F)(F)F)c2)n1. The molecule has 0 spiro atoms. The van der Waals surface area contributed by atoms with E-state index in [1.165, 1.54) is 9.70 Å². The number of nitrogens with zero attached hydrogens (tertiary/aromatic N) is 5. The second kappa shape index (κ2) is 10.7. The molecule has 2 aliphatic heterocycles. The highest BCUT2D eigenvalue weighted by Crippen LogP contribution is 2.50. The highest BCUT2D eigenvalue weighted by molar-refractivity contribution is 5.75. The zero-order valence-corrected chi connectivity index (χ0v) is 22.2. The number of carbonyl (C=O) groups is 1. The monoisotopic (exact) mass is 582 g/mol. The summed E-state index contributed by atoms with van der Waals surface area (Å²) in [5.74, 6) is 0.0346. The lowest BCUT2D eigenvalue weighted by molar-refractivity contribution is -0.143. The molecule has 2 saturated heterocycles. The van der Waals surface area contributed by atoms with Gasteiger partial charge in [-0.1, -0.05) is 30.3 Å². The predicted molar refractivity (Wildman–Crippen MR) is 133 cm³/mol. The Kier molecular flexibility index (Phi) is 7.57. The first-order valence-electron chi connectivity index (χ1n) is 13.0. The molecule has 3 heterocycles. The van der Waals surface area contributed by atoms with Crippen molar-refractivity contribution < 1.29 is 35.9 Å². The number of rotatable bonds is 7. The van der Waals surface area contributed by atoms with Gasteiger partial charge in [0.15, 0.2) is 5.82 Å². The number of aromatic nitrogens is 4. The third-order valence-electron chi connectivity index (χ3n) is 7.72. The molecule has 8 nitrogen and oxygen atoms in total. The maximum atomic E-state index is 13.4. The van der Waals surface area contributed by atoms with Gasteiger partial charge in [0.25, 0.3) is 0 Å². The minimum Gasteiger partial charge on any atom is -0.371 e. The Morgan fingerprint density at radius 2 is 1.71 bits per heavy atom. The molecule has 2 fully saturated rings. The molecule has 1 N–H and O–H groups in total. The lowest BCUT2D eigenvalue weighted by Crippen LogP contribution is -2.54. The molecule has 0 saturated carbocycles. The summed E-state index contributed by atoms with van der Waals surface area (Å²) in [4.78, 5) is 14.7.